The van der Waals surface area contributed by atoms with E-state index in [1.807, 2.05) is 19.2 Å². The molecule has 20 heavy (non-hydrogen) atoms. The van der Waals surface area contributed by atoms with Gasteiger partial charge in [0.05, 0.1) is 12.1 Å². The number of hydrogen-bond acceptors (Lipinski definition) is 3. The topological polar surface area (TPSA) is 42.0 Å². The Morgan fingerprint density at radius 2 is 2.10 bits per heavy atom. The number of carbonyl (C=O) groups excluding carboxylic acids is 1. The highest BCUT2D eigenvalue weighted by atomic mass is 32.1. The molecule has 2 rings (SSSR count). The van der Waals surface area contributed by atoms with Crippen LogP contribution in [0.15, 0.2) is 29.6 Å². The third-order valence-corrected chi connectivity index (χ3v) is 3.94. The normalized spacial score (nSPS) is 12.2. The van der Waals surface area contributed by atoms with Gasteiger partial charge in [-0.05, 0) is 37.6 Å². The summed E-state index contributed by atoms with van der Waals surface area (Å²) in [6.07, 6.45) is 1.19. The van der Waals surface area contributed by atoms with Crippen molar-refractivity contribution in [3.8, 4) is 10.6 Å². The molecule has 0 radical (unpaired) electrons. The van der Waals surface area contributed by atoms with Gasteiger partial charge in [-0.3, -0.25) is 4.79 Å². The summed E-state index contributed by atoms with van der Waals surface area (Å²) < 4.78 is 12.9. The van der Waals surface area contributed by atoms with Crippen molar-refractivity contribution in [2.24, 2.45) is 0 Å². The summed E-state index contributed by atoms with van der Waals surface area (Å²) in [6, 6.07) is 6.38. The predicted molar refractivity (Wildman–Crippen MR) is 79.1 cm³/mol. The van der Waals surface area contributed by atoms with Gasteiger partial charge in [-0.1, -0.05) is 6.92 Å². The van der Waals surface area contributed by atoms with Crippen molar-refractivity contribution < 1.29 is 9.18 Å². The Hall–Kier alpha value is -1.75. The Morgan fingerprint density at radius 3 is 2.75 bits per heavy atom. The number of benzene rings is 1. The minimum Gasteiger partial charge on any atom is -0.353 e. The van der Waals surface area contributed by atoms with Crippen molar-refractivity contribution in [2.75, 3.05) is 0 Å². The molecule has 0 aliphatic carbocycles. The van der Waals surface area contributed by atoms with Gasteiger partial charge in [0.2, 0.25) is 5.91 Å². The van der Waals surface area contributed by atoms with Crippen molar-refractivity contribution >= 4 is 17.2 Å². The van der Waals surface area contributed by atoms with E-state index in [1.54, 1.807) is 12.1 Å². The fourth-order valence-corrected chi connectivity index (χ4v) is 2.53. The lowest BCUT2D eigenvalue weighted by Gasteiger charge is -2.10. The first-order valence-electron chi connectivity index (χ1n) is 6.58. The smallest absolute Gasteiger partial charge is 0.226 e. The van der Waals surface area contributed by atoms with Gasteiger partial charge >= 0.3 is 0 Å². The summed E-state index contributed by atoms with van der Waals surface area (Å²) in [7, 11) is 0. The number of carbonyl (C=O) groups is 1. The van der Waals surface area contributed by atoms with Crippen LogP contribution >= 0.6 is 11.3 Å². The molecule has 5 heteroatoms. The van der Waals surface area contributed by atoms with Crippen LogP contribution in [0.2, 0.25) is 0 Å². The number of hydrogen-bond donors (Lipinski definition) is 1. The van der Waals surface area contributed by atoms with E-state index in [0.717, 1.165) is 22.7 Å². The van der Waals surface area contributed by atoms with Crippen molar-refractivity contribution in [1.82, 2.24) is 10.3 Å². The molecule has 3 nitrogen and oxygen atoms in total. The Bertz CT molecular complexity index is 580. The monoisotopic (exact) mass is 292 g/mol. The quantitative estimate of drug-likeness (QED) is 0.917. The maximum Gasteiger partial charge on any atom is 0.226 e. The first-order chi connectivity index (χ1) is 9.58. The molecule has 0 saturated heterocycles. The van der Waals surface area contributed by atoms with Gasteiger partial charge in [0, 0.05) is 17.0 Å². The van der Waals surface area contributed by atoms with Gasteiger partial charge < -0.3 is 5.32 Å². The van der Waals surface area contributed by atoms with Crippen molar-refractivity contribution in [1.29, 1.82) is 0 Å². The molecule has 1 aromatic carbocycles. The molecule has 1 N–H and O–H groups in total. The van der Waals surface area contributed by atoms with E-state index in [-0.39, 0.29) is 24.2 Å². The molecular formula is C15H17FN2OS. The van der Waals surface area contributed by atoms with E-state index in [0.29, 0.717) is 0 Å². The fraction of sp³-hybridized carbons (Fsp3) is 0.333. The fourth-order valence-electron chi connectivity index (χ4n) is 1.71. The molecular weight excluding hydrogens is 275 g/mol. The van der Waals surface area contributed by atoms with E-state index < -0.39 is 0 Å². The summed E-state index contributed by atoms with van der Waals surface area (Å²) in [5.74, 6) is -0.284. The number of nitrogens with one attached hydrogen (secondary N) is 1. The Balaban J connectivity index is 2.02. The number of nitrogens with zero attached hydrogens (tertiary/aromatic N) is 1. The molecule has 1 amide bonds. The van der Waals surface area contributed by atoms with Crippen molar-refractivity contribution in [3.05, 3.63) is 41.2 Å². The summed E-state index contributed by atoms with van der Waals surface area (Å²) >= 11 is 1.46. The first-order valence-corrected chi connectivity index (χ1v) is 7.46. The van der Waals surface area contributed by atoms with Crippen LogP contribution in [-0.4, -0.2) is 16.9 Å². The largest absolute Gasteiger partial charge is 0.353 e. The SMILES string of the molecule is CCC(C)NC(=O)Cc1csc(-c2ccc(F)cc2)n1. The second kappa shape index (κ2) is 6.61. The van der Waals surface area contributed by atoms with Gasteiger partial charge in [0.25, 0.3) is 0 Å². The summed E-state index contributed by atoms with van der Waals surface area (Å²) in [5, 5.41) is 5.58. The van der Waals surface area contributed by atoms with Gasteiger partial charge in [-0.25, -0.2) is 9.37 Å². The van der Waals surface area contributed by atoms with E-state index in [4.69, 9.17) is 0 Å². The molecule has 2 aromatic rings. The molecule has 1 unspecified atom stereocenters. The van der Waals surface area contributed by atoms with Gasteiger partial charge in [0.15, 0.2) is 0 Å². The molecule has 1 aromatic heterocycles. The van der Waals surface area contributed by atoms with Gasteiger partial charge in [0.1, 0.15) is 10.8 Å². The minimum absolute atomic E-state index is 0.0182. The lowest BCUT2D eigenvalue weighted by atomic mass is 10.2. The van der Waals surface area contributed by atoms with Crippen LogP contribution in [0.4, 0.5) is 4.39 Å². The third-order valence-electron chi connectivity index (χ3n) is 3.00. The maximum absolute atomic E-state index is 12.9. The van der Waals surface area contributed by atoms with Gasteiger partial charge in [-0.15, -0.1) is 11.3 Å². The van der Waals surface area contributed by atoms with E-state index >= 15 is 0 Å². The lowest BCUT2D eigenvalue weighted by molar-refractivity contribution is -0.121. The van der Waals surface area contributed by atoms with E-state index in [1.165, 1.54) is 23.5 Å². The Morgan fingerprint density at radius 1 is 1.40 bits per heavy atom. The number of rotatable bonds is 5. The maximum atomic E-state index is 12.9. The van der Waals surface area contributed by atoms with Crippen LogP contribution in [0.1, 0.15) is 26.0 Å². The lowest BCUT2D eigenvalue weighted by Crippen LogP contribution is -2.33. The molecule has 0 saturated carbocycles. The minimum atomic E-state index is -0.265. The van der Waals surface area contributed by atoms with E-state index in [2.05, 4.69) is 10.3 Å². The highest BCUT2D eigenvalue weighted by molar-refractivity contribution is 7.13. The zero-order valence-electron chi connectivity index (χ0n) is 11.5. The molecule has 0 spiro atoms. The average molecular weight is 292 g/mol. The van der Waals surface area contributed by atoms with Crippen LogP contribution in [0.5, 0.6) is 0 Å². The highest BCUT2D eigenvalue weighted by Crippen LogP contribution is 2.24. The standard InChI is InChI=1S/C15H17FN2OS/c1-3-10(2)17-14(19)8-13-9-20-15(18-13)11-4-6-12(16)7-5-11/h4-7,9-10H,3,8H2,1-2H3,(H,17,19). The molecule has 0 fully saturated rings. The molecule has 0 aliphatic rings. The third kappa shape index (κ3) is 3.87. The zero-order chi connectivity index (χ0) is 14.5. The first kappa shape index (κ1) is 14.7. The Kier molecular flexibility index (Phi) is 4.84. The van der Waals surface area contributed by atoms with Gasteiger partial charge in [-0.2, -0.15) is 0 Å². The molecule has 0 aliphatic heterocycles. The summed E-state index contributed by atoms with van der Waals surface area (Å²) in [4.78, 5) is 16.2. The second-order valence-corrected chi connectivity index (χ2v) is 5.56. The summed E-state index contributed by atoms with van der Waals surface area (Å²) in [5.41, 5.74) is 1.61. The average Bonchev–Trinajstić information content (AvgIpc) is 2.87. The van der Waals surface area contributed by atoms with Crippen molar-refractivity contribution in [2.45, 2.75) is 32.7 Å². The van der Waals surface area contributed by atoms with Crippen LogP contribution < -0.4 is 5.32 Å². The number of aromatic nitrogens is 1. The van der Waals surface area contributed by atoms with Crippen LogP contribution in [0.3, 0.4) is 0 Å². The Labute approximate surface area is 121 Å². The van der Waals surface area contributed by atoms with Crippen LogP contribution in [-0.2, 0) is 11.2 Å². The van der Waals surface area contributed by atoms with E-state index in [9.17, 15) is 9.18 Å². The molecule has 0 bridgehead atoms. The second-order valence-electron chi connectivity index (χ2n) is 4.70. The molecule has 1 heterocycles. The van der Waals surface area contributed by atoms with Crippen LogP contribution in [0.25, 0.3) is 10.6 Å². The van der Waals surface area contributed by atoms with Crippen LogP contribution in [0, 0.1) is 5.82 Å². The molecule has 1 atom stereocenters. The number of amides is 1. The predicted octanol–water partition coefficient (Wildman–Crippen LogP) is 3.41. The molecule has 106 valence electrons. The number of thiazole rings is 1. The van der Waals surface area contributed by atoms with Crippen molar-refractivity contribution in [3.63, 3.8) is 0 Å². The highest BCUT2D eigenvalue weighted by Gasteiger charge is 2.10. The zero-order valence-corrected chi connectivity index (χ0v) is 12.3. The summed E-state index contributed by atoms with van der Waals surface area (Å²) in [6.45, 7) is 4.00. The number of halogens is 1.